The summed E-state index contributed by atoms with van der Waals surface area (Å²) in [6.07, 6.45) is 2.66. The molecule has 0 aliphatic carbocycles. The van der Waals surface area contributed by atoms with E-state index in [0.29, 0.717) is 17.0 Å². The minimum absolute atomic E-state index is 0.0785. The van der Waals surface area contributed by atoms with E-state index in [-0.39, 0.29) is 16.8 Å². The number of nitrogens with one attached hydrogen (secondary N) is 2. The summed E-state index contributed by atoms with van der Waals surface area (Å²) < 4.78 is 13.8. The van der Waals surface area contributed by atoms with Crippen molar-refractivity contribution < 1.29 is 4.39 Å². The van der Waals surface area contributed by atoms with Gasteiger partial charge in [0.1, 0.15) is 17.7 Å². The van der Waals surface area contributed by atoms with Crippen molar-refractivity contribution in [3.8, 4) is 17.3 Å². The van der Waals surface area contributed by atoms with Crippen LogP contribution in [0, 0.1) is 29.5 Å². The van der Waals surface area contributed by atoms with Crippen LogP contribution >= 0.6 is 0 Å². The minimum atomic E-state index is -0.678. The summed E-state index contributed by atoms with van der Waals surface area (Å²) in [7, 11) is 0. The van der Waals surface area contributed by atoms with Crippen LogP contribution in [0.25, 0.3) is 16.8 Å². The van der Waals surface area contributed by atoms with Crippen molar-refractivity contribution in [2.45, 2.75) is 13.8 Å². The lowest BCUT2D eigenvalue weighted by Crippen LogP contribution is -2.17. The Labute approximate surface area is 126 Å². The number of rotatable bonds is 3. The maximum absolute atomic E-state index is 13.8. The predicted molar refractivity (Wildman–Crippen MR) is 82.1 cm³/mol. The average molecular weight is 296 g/mol. The van der Waals surface area contributed by atoms with Gasteiger partial charge in [-0.3, -0.25) is 4.79 Å². The Morgan fingerprint density at radius 1 is 1.50 bits per heavy atom. The molecule has 110 valence electrons. The van der Waals surface area contributed by atoms with Crippen molar-refractivity contribution in [2.24, 2.45) is 0 Å². The van der Waals surface area contributed by atoms with E-state index in [9.17, 15) is 9.18 Å². The summed E-state index contributed by atoms with van der Waals surface area (Å²) in [6.45, 7) is 3.32. The predicted octanol–water partition coefficient (Wildman–Crippen LogP) is 2.81. The Hall–Kier alpha value is -3.07. The van der Waals surface area contributed by atoms with E-state index in [2.05, 4.69) is 9.97 Å². The molecule has 5 nitrogen and oxygen atoms in total. The summed E-state index contributed by atoms with van der Waals surface area (Å²) in [5.41, 5.74) is 0.762. The van der Waals surface area contributed by atoms with Gasteiger partial charge in [-0.25, -0.2) is 9.37 Å². The molecule has 0 amide bonds. The first kappa shape index (κ1) is 15.3. The van der Waals surface area contributed by atoms with Gasteiger partial charge in [-0.1, -0.05) is 12.1 Å². The molecule has 0 saturated carbocycles. The number of halogens is 1. The quantitative estimate of drug-likeness (QED) is 0.853. The first-order chi connectivity index (χ1) is 10.5. The topological polar surface area (TPSA) is 93.4 Å². The summed E-state index contributed by atoms with van der Waals surface area (Å²) >= 11 is 0. The molecule has 0 saturated heterocycles. The van der Waals surface area contributed by atoms with E-state index in [4.69, 9.17) is 10.7 Å². The van der Waals surface area contributed by atoms with Crippen LogP contribution in [0.2, 0.25) is 0 Å². The number of aromatic nitrogens is 2. The first-order valence-electron chi connectivity index (χ1n) is 6.50. The number of nitrogens with zero attached hydrogens (tertiary/aromatic N) is 2. The zero-order chi connectivity index (χ0) is 16.3. The summed E-state index contributed by atoms with van der Waals surface area (Å²) in [5, 5.41) is 16.2. The van der Waals surface area contributed by atoms with Crippen LogP contribution in [0.1, 0.15) is 23.9 Å². The maximum atomic E-state index is 13.8. The fraction of sp³-hybridized carbons (Fsp3) is 0.125. The average Bonchev–Trinajstić information content (AvgIpc) is 2.49. The summed E-state index contributed by atoms with van der Waals surface area (Å²) in [5.74, 6) is -0.295. The lowest BCUT2D eigenvalue weighted by Gasteiger charge is -2.10. The zero-order valence-electron chi connectivity index (χ0n) is 12.1. The van der Waals surface area contributed by atoms with Gasteiger partial charge in [-0.2, -0.15) is 5.26 Å². The Morgan fingerprint density at radius 2 is 2.23 bits per heavy atom. The molecule has 0 radical (unpaired) electrons. The number of allylic oxidation sites excluding steroid dienone is 2. The molecule has 1 aromatic carbocycles. The molecule has 0 atom stereocenters. The molecule has 22 heavy (non-hydrogen) atoms. The van der Waals surface area contributed by atoms with Gasteiger partial charge in [-0.15, -0.1) is 0 Å². The second-order valence-corrected chi connectivity index (χ2v) is 4.57. The highest BCUT2D eigenvalue weighted by atomic mass is 19.1. The molecule has 0 aliphatic rings. The third kappa shape index (κ3) is 2.69. The van der Waals surface area contributed by atoms with Crippen molar-refractivity contribution >= 4 is 11.8 Å². The number of nitriles is 1. The molecule has 2 N–H and O–H groups in total. The van der Waals surface area contributed by atoms with Crippen LogP contribution in [0.3, 0.4) is 0 Å². The molecule has 0 aliphatic heterocycles. The molecule has 0 bridgehead atoms. The lowest BCUT2D eigenvalue weighted by atomic mass is 10.00. The summed E-state index contributed by atoms with van der Waals surface area (Å²) in [6, 6.07) is 5.78. The standard InChI is InChI=1S/C16H13FN4O/c1-3-10(7-18)14-15(20-9(2)21-16(14)22)11-4-5-12(8-19)13(17)6-11/h3-7,18H,1-2H3,(H,20,21,22). The van der Waals surface area contributed by atoms with E-state index >= 15 is 0 Å². The van der Waals surface area contributed by atoms with Gasteiger partial charge in [0.05, 0.1) is 16.8 Å². The third-order valence-corrected chi connectivity index (χ3v) is 3.16. The van der Waals surface area contributed by atoms with Gasteiger partial charge in [0, 0.05) is 17.4 Å². The van der Waals surface area contributed by atoms with Crippen molar-refractivity contribution in [1.82, 2.24) is 9.97 Å². The van der Waals surface area contributed by atoms with Crippen LogP contribution in [0.4, 0.5) is 4.39 Å². The maximum Gasteiger partial charge on any atom is 0.259 e. The van der Waals surface area contributed by atoms with Crippen LogP contribution in [0.15, 0.2) is 29.1 Å². The fourth-order valence-electron chi connectivity index (χ4n) is 2.12. The Morgan fingerprint density at radius 3 is 2.77 bits per heavy atom. The van der Waals surface area contributed by atoms with Crippen molar-refractivity contribution in [3.05, 3.63) is 57.4 Å². The number of aromatic amines is 1. The summed E-state index contributed by atoms with van der Waals surface area (Å²) in [4.78, 5) is 19.1. The second kappa shape index (κ2) is 6.14. The molecule has 0 unspecified atom stereocenters. The van der Waals surface area contributed by atoms with Crippen LogP contribution in [0.5, 0.6) is 0 Å². The van der Waals surface area contributed by atoms with Gasteiger partial charge in [0.2, 0.25) is 0 Å². The SMILES string of the molecule is CC=C(C=N)c1c(-c2ccc(C#N)c(F)c2)nc(C)[nH]c1=O. The van der Waals surface area contributed by atoms with Gasteiger partial charge in [0.15, 0.2) is 0 Å². The Kier molecular flexibility index (Phi) is 4.28. The molecular weight excluding hydrogens is 283 g/mol. The smallest absolute Gasteiger partial charge is 0.259 e. The van der Waals surface area contributed by atoms with Gasteiger partial charge in [0.25, 0.3) is 5.56 Å². The van der Waals surface area contributed by atoms with Crippen molar-refractivity contribution in [2.75, 3.05) is 0 Å². The third-order valence-electron chi connectivity index (χ3n) is 3.16. The van der Waals surface area contributed by atoms with E-state index < -0.39 is 11.4 Å². The Bertz CT molecular complexity index is 875. The number of benzene rings is 1. The Balaban J connectivity index is 2.80. The molecule has 1 heterocycles. The largest absolute Gasteiger partial charge is 0.310 e. The zero-order valence-corrected chi connectivity index (χ0v) is 12.1. The molecule has 2 rings (SSSR count). The molecule has 0 fully saturated rings. The van der Waals surface area contributed by atoms with Gasteiger partial charge >= 0.3 is 0 Å². The van der Waals surface area contributed by atoms with E-state index in [0.717, 1.165) is 6.21 Å². The molecule has 1 aromatic heterocycles. The second-order valence-electron chi connectivity index (χ2n) is 4.57. The number of H-pyrrole nitrogens is 1. The number of aryl methyl sites for hydroxylation is 1. The molecular formula is C16H13FN4O. The van der Waals surface area contributed by atoms with Gasteiger partial charge in [-0.05, 0) is 26.0 Å². The van der Waals surface area contributed by atoms with Crippen LogP contribution in [-0.2, 0) is 0 Å². The minimum Gasteiger partial charge on any atom is -0.310 e. The van der Waals surface area contributed by atoms with Crippen LogP contribution in [-0.4, -0.2) is 16.2 Å². The van der Waals surface area contributed by atoms with Crippen molar-refractivity contribution in [1.29, 1.82) is 10.7 Å². The molecule has 2 aromatic rings. The highest BCUT2D eigenvalue weighted by Crippen LogP contribution is 2.25. The highest BCUT2D eigenvalue weighted by Gasteiger charge is 2.16. The molecule has 6 heteroatoms. The normalized spacial score (nSPS) is 11.1. The van der Waals surface area contributed by atoms with E-state index in [1.165, 1.54) is 18.2 Å². The van der Waals surface area contributed by atoms with Crippen LogP contribution < -0.4 is 5.56 Å². The van der Waals surface area contributed by atoms with E-state index in [1.54, 1.807) is 26.0 Å². The highest BCUT2D eigenvalue weighted by molar-refractivity contribution is 6.10. The van der Waals surface area contributed by atoms with E-state index in [1.807, 2.05) is 0 Å². The molecule has 0 spiro atoms. The first-order valence-corrected chi connectivity index (χ1v) is 6.50. The van der Waals surface area contributed by atoms with Gasteiger partial charge < -0.3 is 10.4 Å². The lowest BCUT2D eigenvalue weighted by molar-refractivity contribution is 0.624. The number of hydrogen-bond acceptors (Lipinski definition) is 4. The monoisotopic (exact) mass is 296 g/mol. The number of hydrogen-bond donors (Lipinski definition) is 2. The fourth-order valence-corrected chi connectivity index (χ4v) is 2.12. The van der Waals surface area contributed by atoms with Crippen molar-refractivity contribution in [3.63, 3.8) is 0 Å².